The van der Waals surface area contributed by atoms with Crippen LogP contribution >= 0.6 is 0 Å². The van der Waals surface area contributed by atoms with Crippen molar-refractivity contribution in [3.8, 4) is 12.3 Å². The first-order valence-corrected chi connectivity index (χ1v) is 5.80. The van der Waals surface area contributed by atoms with E-state index in [1.807, 2.05) is 32.0 Å². The first-order valence-electron chi connectivity index (χ1n) is 5.80. The van der Waals surface area contributed by atoms with Gasteiger partial charge in [-0.2, -0.15) is 0 Å². The molecule has 0 amide bonds. The van der Waals surface area contributed by atoms with Gasteiger partial charge in [-0.15, -0.1) is 6.42 Å². The van der Waals surface area contributed by atoms with E-state index in [0.29, 0.717) is 6.54 Å². The van der Waals surface area contributed by atoms with E-state index in [-0.39, 0.29) is 5.97 Å². The zero-order valence-corrected chi connectivity index (χ0v) is 11.3. The van der Waals surface area contributed by atoms with Crippen LogP contribution in [-0.4, -0.2) is 19.6 Å². The lowest BCUT2D eigenvalue weighted by molar-refractivity contribution is -0.148. The number of aryl methyl sites for hydroxylation is 2. The third-order valence-electron chi connectivity index (χ3n) is 3.07. The number of hydrogen-bond acceptors (Lipinski definition) is 3. The SMILES string of the molecule is C#CCNC(C)(C(=O)OC)c1cc(C)ccc1C. The Morgan fingerprint density at radius 3 is 2.72 bits per heavy atom. The zero-order chi connectivity index (χ0) is 13.8. The molecule has 0 aromatic heterocycles. The van der Waals surface area contributed by atoms with Gasteiger partial charge in [0.15, 0.2) is 0 Å². The maximum Gasteiger partial charge on any atom is 0.330 e. The fourth-order valence-corrected chi connectivity index (χ4v) is 1.98. The summed E-state index contributed by atoms with van der Waals surface area (Å²) in [5, 5.41) is 3.07. The molecular weight excluding hydrogens is 226 g/mol. The van der Waals surface area contributed by atoms with Crippen molar-refractivity contribution in [2.24, 2.45) is 0 Å². The molecule has 1 aromatic carbocycles. The van der Waals surface area contributed by atoms with Crippen LogP contribution in [0, 0.1) is 26.2 Å². The van der Waals surface area contributed by atoms with Crippen molar-refractivity contribution < 1.29 is 9.53 Å². The van der Waals surface area contributed by atoms with Gasteiger partial charge in [0.25, 0.3) is 0 Å². The maximum atomic E-state index is 12.1. The summed E-state index contributed by atoms with van der Waals surface area (Å²) in [6.45, 7) is 6.05. The molecule has 0 radical (unpaired) electrons. The van der Waals surface area contributed by atoms with Crippen molar-refractivity contribution in [3.05, 3.63) is 34.9 Å². The van der Waals surface area contributed by atoms with Crippen LogP contribution in [0.15, 0.2) is 18.2 Å². The van der Waals surface area contributed by atoms with Gasteiger partial charge in [0, 0.05) is 0 Å². The number of nitrogens with one attached hydrogen (secondary N) is 1. The van der Waals surface area contributed by atoms with Gasteiger partial charge in [0.05, 0.1) is 13.7 Å². The first kappa shape index (κ1) is 14.3. The summed E-state index contributed by atoms with van der Waals surface area (Å²) < 4.78 is 4.89. The molecule has 0 spiro atoms. The van der Waals surface area contributed by atoms with E-state index >= 15 is 0 Å². The summed E-state index contributed by atoms with van der Waals surface area (Å²) in [7, 11) is 1.38. The lowest BCUT2D eigenvalue weighted by Gasteiger charge is -2.29. The number of rotatable bonds is 4. The second-order valence-electron chi connectivity index (χ2n) is 4.49. The van der Waals surface area contributed by atoms with Gasteiger partial charge < -0.3 is 4.74 Å². The van der Waals surface area contributed by atoms with Gasteiger partial charge in [-0.25, -0.2) is 4.79 Å². The molecule has 0 aliphatic heterocycles. The molecule has 96 valence electrons. The molecule has 1 atom stereocenters. The fraction of sp³-hybridized carbons (Fsp3) is 0.400. The highest BCUT2D eigenvalue weighted by Crippen LogP contribution is 2.26. The van der Waals surface area contributed by atoms with Crippen LogP contribution in [-0.2, 0) is 15.1 Å². The van der Waals surface area contributed by atoms with Crippen molar-refractivity contribution >= 4 is 5.97 Å². The molecule has 18 heavy (non-hydrogen) atoms. The van der Waals surface area contributed by atoms with Crippen molar-refractivity contribution in [2.45, 2.75) is 26.3 Å². The van der Waals surface area contributed by atoms with Crippen LogP contribution in [0.25, 0.3) is 0 Å². The third-order valence-corrected chi connectivity index (χ3v) is 3.07. The molecule has 0 saturated heterocycles. The summed E-state index contributed by atoms with van der Waals surface area (Å²) in [5.41, 5.74) is 2.09. The zero-order valence-electron chi connectivity index (χ0n) is 11.3. The highest BCUT2D eigenvalue weighted by atomic mass is 16.5. The van der Waals surface area contributed by atoms with E-state index in [1.165, 1.54) is 7.11 Å². The molecule has 3 nitrogen and oxygen atoms in total. The Balaban J connectivity index is 3.29. The molecule has 1 unspecified atom stereocenters. The second kappa shape index (κ2) is 5.70. The highest BCUT2D eigenvalue weighted by Gasteiger charge is 2.36. The number of terminal acetylenes is 1. The minimum absolute atomic E-state index is 0.305. The number of carbonyl (C=O) groups is 1. The lowest BCUT2D eigenvalue weighted by Crippen LogP contribution is -2.48. The van der Waals surface area contributed by atoms with E-state index in [2.05, 4.69) is 11.2 Å². The monoisotopic (exact) mass is 245 g/mol. The Morgan fingerprint density at radius 2 is 2.17 bits per heavy atom. The van der Waals surface area contributed by atoms with Crippen LogP contribution in [0.4, 0.5) is 0 Å². The Kier molecular flexibility index (Phi) is 4.52. The lowest BCUT2D eigenvalue weighted by atomic mass is 9.87. The minimum Gasteiger partial charge on any atom is -0.467 e. The van der Waals surface area contributed by atoms with Crippen molar-refractivity contribution in [1.29, 1.82) is 0 Å². The predicted molar refractivity (Wildman–Crippen MR) is 72.1 cm³/mol. The molecule has 0 fully saturated rings. The van der Waals surface area contributed by atoms with Crippen molar-refractivity contribution in [3.63, 3.8) is 0 Å². The summed E-state index contributed by atoms with van der Waals surface area (Å²) >= 11 is 0. The number of hydrogen-bond donors (Lipinski definition) is 1. The van der Waals surface area contributed by atoms with Crippen molar-refractivity contribution in [2.75, 3.05) is 13.7 Å². The van der Waals surface area contributed by atoms with Gasteiger partial charge >= 0.3 is 5.97 Å². The molecule has 0 saturated carbocycles. The molecule has 1 aromatic rings. The quantitative estimate of drug-likeness (QED) is 0.650. The van der Waals surface area contributed by atoms with E-state index in [1.54, 1.807) is 6.92 Å². The minimum atomic E-state index is -0.919. The normalized spacial score (nSPS) is 13.5. The van der Waals surface area contributed by atoms with E-state index in [4.69, 9.17) is 11.2 Å². The summed E-state index contributed by atoms with van der Waals surface area (Å²) in [5.74, 6) is 2.15. The second-order valence-corrected chi connectivity index (χ2v) is 4.49. The van der Waals surface area contributed by atoms with Crippen LogP contribution in [0.2, 0.25) is 0 Å². The molecule has 1 N–H and O–H groups in total. The van der Waals surface area contributed by atoms with Crippen LogP contribution in [0.3, 0.4) is 0 Å². The van der Waals surface area contributed by atoms with E-state index in [9.17, 15) is 4.79 Å². The largest absolute Gasteiger partial charge is 0.467 e. The number of methoxy groups -OCH3 is 1. The van der Waals surface area contributed by atoms with Crippen LogP contribution < -0.4 is 5.32 Å². The highest BCUT2D eigenvalue weighted by molar-refractivity contribution is 5.82. The number of carbonyl (C=O) groups excluding carboxylic acids is 1. The Morgan fingerprint density at radius 1 is 1.50 bits per heavy atom. The Labute approximate surface area is 109 Å². The molecule has 1 rings (SSSR count). The van der Waals surface area contributed by atoms with Crippen molar-refractivity contribution in [1.82, 2.24) is 5.32 Å². The summed E-state index contributed by atoms with van der Waals surface area (Å²) in [6.07, 6.45) is 5.26. The molecule has 0 aliphatic rings. The molecule has 0 aliphatic carbocycles. The van der Waals surface area contributed by atoms with Gasteiger partial charge in [-0.1, -0.05) is 29.7 Å². The standard InChI is InChI=1S/C15H19NO2/c1-6-9-16-15(4,14(17)18-5)13-10-11(2)7-8-12(13)3/h1,7-8,10,16H,9H2,2-5H3. The first-order chi connectivity index (χ1) is 8.45. The van der Waals surface area contributed by atoms with Gasteiger partial charge in [-0.3, -0.25) is 5.32 Å². The molecule has 3 heteroatoms. The predicted octanol–water partition coefficient (Wildman–Crippen LogP) is 1.91. The average Bonchev–Trinajstić information content (AvgIpc) is 2.37. The smallest absolute Gasteiger partial charge is 0.330 e. The number of esters is 1. The van der Waals surface area contributed by atoms with Gasteiger partial charge in [0.1, 0.15) is 5.54 Å². The van der Waals surface area contributed by atoms with Crippen LogP contribution in [0.5, 0.6) is 0 Å². The topological polar surface area (TPSA) is 38.3 Å². The van der Waals surface area contributed by atoms with Gasteiger partial charge in [0.2, 0.25) is 0 Å². The Hall–Kier alpha value is -1.79. The van der Waals surface area contributed by atoms with Crippen LogP contribution in [0.1, 0.15) is 23.6 Å². The van der Waals surface area contributed by atoms with Gasteiger partial charge in [-0.05, 0) is 31.9 Å². The van der Waals surface area contributed by atoms with E-state index in [0.717, 1.165) is 16.7 Å². The molecule has 0 heterocycles. The average molecular weight is 245 g/mol. The third kappa shape index (κ3) is 2.72. The number of ether oxygens (including phenoxy) is 1. The summed E-state index contributed by atoms with van der Waals surface area (Å²) in [4.78, 5) is 12.1. The number of benzene rings is 1. The maximum absolute atomic E-state index is 12.1. The molecule has 0 bridgehead atoms. The summed E-state index contributed by atoms with van der Waals surface area (Å²) in [6, 6.07) is 5.98. The Bertz CT molecular complexity index is 488. The van der Waals surface area contributed by atoms with E-state index < -0.39 is 5.54 Å². The fourth-order valence-electron chi connectivity index (χ4n) is 1.98. The molecular formula is C15H19NO2.